The standard InChI is InChI=1S/C14H15BrN2OS/c1-17-6-2-3-9-7-10(4-5-11(9)17)13(18)14-16-12(15)8-19-14/h4-5,7-8,13,18H,2-3,6H2,1H3. The highest BCUT2D eigenvalue weighted by molar-refractivity contribution is 9.10. The summed E-state index contributed by atoms with van der Waals surface area (Å²) in [6.07, 6.45) is 1.63. The zero-order chi connectivity index (χ0) is 13.4. The average molecular weight is 339 g/mol. The smallest absolute Gasteiger partial charge is 0.131 e. The number of rotatable bonds is 2. The number of aliphatic hydroxyl groups is 1. The Kier molecular flexibility index (Phi) is 3.60. The van der Waals surface area contributed by atoms with Gasteiger partial charge in [0.25, 0.3) is 0 Å². The average Bonchev–Trinajstić information content (AvgIpc) is 2.84. The number of anilines is 1. The van der Waals surface area contributed by atoms with E-state index in [1.807, 2.05) is 11.4 Å². The van der Waals surface area contributed by atoms with Crippen LogP contribution in [0.5, 0.6) is 0 Å². The van der Waals surface area contributed by atoms with Gasteiger partial charge < -0.3 is 10.0 Å². The summed E-state index contributed by atoms with van der Waals surface area (Å²) in [6.45, 7) is 1.11. The van der Waals surface area contributed by atoms with E-state index in [1.165, 1.54) is 29.0 Å². The van der Waals surface area contributed by atoms with Crippen molar-refractivity contribution >= 4 is 33.0 Å². The predicted molar refractivity (Wildman–Crippen MR) is 81.9 cm³/mol. The molecule has 2 aromatic rings. The molecule has 0 spiro atoms. The van der Waals surface area contributed by atoms with Crippen molar-refractivity contribution in [3.05, 3.63) is 44.3 Å². The van der Waals surface area contributed by atoms with Crippen molar-refractivity contribution < 1.29 is 5.11 Å². The second kappa shape index (κ2) is 5.23. The van der Waals surface area contributed by atoms with Crippen LogP contribution in [0.15, 0.2) is 28.2 Å². The van der Waals surface area contributed by atoms with Crippen LogP contribution in [0.25, 0.3) is 0 Å². The lowest BCUT2D eigenvalue weighted by molar-refractivity contribution is 0.219. The van der Waals surface area contributed by atoms with Crippen LogP contribution in [-0.4, -0.2) is 23.7 Å². The van der Waals surface area contributed by atoms with E-state index >= 15 is 0 Å². The third-order valence-electron chi connectivity index (χ3n) is 3.50. The molecular formula is C14H15BrN2OS. The number of aromatic nitrogens is 1. The normalized spacial score (nSPS) is 16.3. The molecule has 1 aromatic carbocycles. The zero-order valence-corrected chi connectivity index (χ0v) is 13.0. The van der Waals surface area contributed by atoms with Gasteiger partial charge >= 0.3 is 0 Å². The van der Waals surface area contributed by atoms with Crippen molar-refractivity contribution in [1.82, 2.24) is 4.98 Å². The lowest BCUT2D eigenvalue weighted by Gasteiger charge is -2.28. The Hall–Kier alpha value is -0.910. The number of aliphatic hydroxyl groups excluding tert-OH is 1. The minimum Gasteiger partial charge on any atom is -0.381 e. The van der Waals surface area contributed by atoms with Crippen LogP contribution in [0.4, 0.5) is 5.69 Å². The first kappa shape index (κ1) is 13.1. The van der Waals surface area contributed by atoms with Gasteiger partial charge in [0.2, 0.25) is 0 Å². The molecule has 5 heteroatoms. The van der Waals surface area contributed by atoms with E-state index in [4.69, 9.17) is 0 Å². The maximum atomic E-state index is 10.4. The summed E-state index contributed by atoms with van der Waals surface area (Å²) in [6, 6.07) is 6.22. The summed E-state index contributed by atoms with van der Waals surface area (Å²) in [7, 11) is 2.12. The first-order valence-electron chi connectivity index (χ1n) is 6.28. The van der Waals surface area contributed by atoms with Crippen LogP contribution in [0.1, 0.15) is 28.7 Å². The molecule has 0 saturated heterocycles. The van der Waals surface area contributed by atoms with Crippen LogP contribution >= 0.6 is 27.3 Å². The van der Waals surface area contributed by atoms with Crippen molar-refractivity contribution in [1.29, 1.82) is 0 Å². The Bertz CT molecular complexity index is 599. The fourth-order valence-electron chi connectivity index (χ4n) is 2.51. The molecule has 1 aliphatic heterocycles. The topological polar surface area (TPSA) is 36.4 Å². The fraction of sp³-hybridized carbons (Fsp3) is 0.357. The van der Waals surface area contributed by atoms with Gasteiger partial charge in [0, 0.05) is 24.7 Å². The van der Waals surface area contributed by atoms with Gasteiger partial charge in [-0.25, -0.2) is 4.98 Å². The van der Waals surface area contributed by atoms with E-state index in [0.29, 0.717) is 0 Å². The van der Waals surface area contributed by atoms with Crippen LogP contribution in [0, 0.1) is 0 Å². The monoisotopic (exact) mass is 338 g/mol. The highest BCUT2D eigenvalue weighted by atomic mass is 79.9. The van der Waals surface area contributed by atoms with Crippen molar-refractivity contribution in [3.8, 4) is 0 Å². The summed E-state index contributed by atoms with van der Waals surface area (Å²) in [5.41, 5.74) is 3.53. The highest BCUT2D eigenvalue weighted by Gasteiger charge is 2.18. The van der Waals surface area contributed by atoms with Crippen LogP contribution < -0.4 is 4.90 Å². The summed E-state index contributed by atoms with van der Waals surface area (Å²) < 4.78 is 0.782. The Balaban J connectivity index is 1.93. The van der Waals surface area contributed by atoms with Gasteiger partial charge in [0.1, 0.15) is 15.7 Å². The number of hydrogen-bond donors (Lipinski definition) is 1. The molecule has 0 amide bonds. The second-order valence-electron chi connectivity index (χ2n) is 4.82. The summed E-state index contributed by atoms with van der Waals surface area (Å²) in [5, 5.41) is 13.0. The summed E-state index contributed by atoms with van der Waals surface area (Å²) in [5.74, 6) is 0. The lowest BCUT2D eigenvalue weighted by atomic mass is 9.98. The van der Waals surface area contributed by atoms with Gasteiger partial charge in [-0.15, -0.1) is 11.3 Å². The Morgan fingerprint density at radius 2 is 2.32 bits per heavy atom. The van der Waals surface area contributed by atoms with E-state index in [-0.39, 0.29) is 0 Å². The maximum Gasteiger partial charge on any atom is 0.131 e. The molecule has 1 unspecified atom stereocenters. The third kappa shape index (κ3) is 2.55. The van der Waals surface area contributed by atoms with E-state index in [0.717, 1.165) is 28.1 Å². The molecular weight excluding hydrogens is 324 g/mol. The molecule has 1 aromatic heterocycles. The number of hydrogen-bond acceptors (Lipinski definition) is 4. The Morgan fingerprint density at radius 1 is 1.47 bits per heavy atom. The SMILES string of the molecule is CN1CCCc2cc(C(O)c3nc(Br)cs3)ccc21. The Morgan fingerprint density at radius 3 is 3.05 bits per heavy atom. The van der Waals surface area contributed by atoms with Gasteiger partial charge in [-0.1, -0.05) is 12.1 Å². The van der Waals surface area contributed by atoms with Crippen molar-refractivity contribution in [2.45, 2.75) is 18.9 Å². The molecule has 19 heavy (non-hydrogen) atoms. The number of fused-ring (bicyclic) bond motifs is 1. The molecule has 1 aliphatic rings. The molecule has 0 fully saturated rings. The van der Waals surface area contributed by atoms with Crippen molar-refractivity contribution in [3.63, 3.8) is 0 Å². The molecule has 3 rings (SSSR count). The van der Waals surface area contributed by atoms with Gasteiger partial charge in [0.15, 0.2) is 0 Å². The van der Waals surface area contributed by atoms with Crippen molar-refractivity contribution in [2.24, 2.45) is 0 Å². The van der Waals surface area contributed by atoms with Crippen LogP contribution in [-0.2, 0) is 6.42 Å². The maximum absolute atomic E-state index is 10.4. The minimum absolute atomic E-state index is 0.631. The van der Waals surface area contributed by atoms with Crippen molar-refractivity contribution in [2.75, 3.05) is 18.5 Å². The van der Waals surface area contributed by atoms with Crippen LogP contribution in [0.3, 0.4) is 0 Å². The van der Waals surface area contributed by atoms with E-state index in [2.05, 4.69) is 45.0 Å². The Labute approximate surface area is 125 Å². The quantitative estimate of drug-likeness (QED) is 0.911. The first-order chi connectivity index (χ1) is 9.15. The van der Waals surface area contributed by atoms with Gasteiger partial charge in [-0.2, -0.15) is 0 Å². The van der Waals surface area contributed by atoms with Crippen LogP contribution in [0.2, 0.25) is 0 Å². The molecule has 100 valence electrons. The lowest BCUT2D eigenvalue weighted by Crippen LogP contribution is -2.24. The third-order valence-corrected chi connectivity index (χ3v) is 5.10. The van der Waals surface area contributed by atoms with E-state index in [1.54, 1.807) is 0 Å². The molecule has 1 atom stereocenters. The number of nitrogens with zero attached hydrogens (tertiary/aromatic N) is 2. The number of aryl methyl sites for hydroxylation is 1. The van der Waals surface area contributed by atoms with Gasteiger partial charge in [0.05, 0.1) is 0 Å². The van der Waals surface area contributed by atoms with E-state index < -0.39 is 6.10 Å². The second-order valence-corrected chi connectivity index (χ2v) is 6.53. The molecule has 3 nitrogen and oxygen atoms in total. The molecule has 2 heterocycles. The predicted octanol–water partition coefficient (Wildman–Crippen LogP) is 3.37. The number of thiazole rings is 1. The summed E-state index contributed by atoms with van der Waals surface area (Å²) in [4.78, 5) is 6.56. The largest absolute Gasteiger partial charge is 0.381 e. The molecule has 0 saturated carbocycles. The van der Waals surface area contributed by atoms with Gasteiger partial charge in [-0.3, -0.25) is 0 Å². The molecule has 0 bridgehead atoms. The minimum atomic E-state index is -0.631. The molecule has 0 aliphatic carbocycles. The first-order valence-corrected chi connectivity index (χ1v) is 7.95. The number of halogens is 1. The molecule has 0 radical (unpaired) electrons. The molecule has 1 N–H and O–H groups in total. The summed E-state index contributed by atoms with van der Waals surface area (Å²) >= 11 is 4.79. The number of benzene rings is 1. The zero-order valence-electron chi connectivity index (χ0n) is 10.6. The highest BCUT2D eigenvalue weighted by Crippen LogP contribution is 2.32. The van der Waals surface area contributed by atoms with E-state index in [9.17, 15) is 5.11 Å². The fourth-order valence-corrected chi connectivity index (χ4v) is 3.79. The van der Waals surface area contributed by atoms with Gasteiger partial charge in [-0.05, 0) is 46.0 Å².